The van der Waals surface area contributed by atoms with Gasteiger partial charge in [0.15, 0.2) is 5.78 Å². The van der Waals surface area contributed by atoms with Crippen molar-refractivity contribution >= 4 is 16.8 Å². The zero-order valence-corrected chi connectivity index (χ0v) is 14.3. The molecular formula is C20H22N4O. The van der Waals surface area contributed by atoms with E-state index < -0.39 is 0 Å². The van der Waals surface area contributed by atoms with E-state index in [9.17, 15) is 4.79 Å². The Labute approximate surface area is 146 Å². The average Bonchev–Trinajstić information content (AvgIpc) is 3.24. The summed E-state index contributed by atoms with van der Waals surface area (Å²) in [6.07, 6.45) is 8.54. The number of imidazole rings is 1. The molecule has 0 unspecified atom stereocenters. The number of para-hydroxylation sites is 2. The molecule has 0 amide bonds. The van der Waals surface area contributed by atoms with E-state index in [4.69, 9.17) is 10.1 Å². The van der Waals surface area contributed by atoms with Crippen LogP contribution in [0, 0.1) is 0 Å². The van der Waals surface area contributed by atoms with Crippen LogP contribution in [0.4, 0.5) is 0 Å². The molecule has 1 N–H and O–H groups in total. The van der Waals surface area contributed by atoms with Crippen LogP contribution in [0.2, 0.25) is 0 Å². The van der Waals surface area contributed by atoms with Crippen LogP contribution in [0.1, 0.15) is 72.6 Å². The minimum atomic E-state index is 0.268. The molecule has 2 aliphatic carbocycles. The number of nitrogens with zero attached hydrogens (tertiary/aromatic N) is 3. The zero-order valence-electron chi connectivity index (χ0n) is 14.3. The summed E-state index contributed by atoms with van der Waals surface area (Å²) >= 11 is 0. The summed E-state index contributed by atoms with van der Waals surface area (Å²) in [7, 11) is 0. The zero-order chi connectivity index (χ0) is 16.8. The molecule has 1 aromatic carbocycles. The van der Waals surface area contributed by atoms with Crippen LogP contribution >= 0.6 is 0 Å². The van der Waals surface area contributed by atoms with Gasteiger partial charge in [0.05, 0.1) is 28.0 Å². The van der Waals surface area contributed by atoms with Gasteiger partial charge >= 0.3 is 0 Å². The van der Waals surface area contributed by atoms with Gasteiger partial charge < -0.3 is 4.98 Å². The molecule has 5 rings (SSSR count). The number of rotatable bonds is 2. The highest BCUT2D eigenvalue weighted by Crippen LogP contribution is 2.37. The summed E-state index contributed by atoms with van der Waals surface area (Å²) in [6.45, 7) is 0. The SMILES string of the molecule is O=C1CCCc2c1c(C1CCCCC1)nn2-c1nc2ccccc2[nH]1. The third kappa shape index (κ3) is 2.41. The fourth-order valence-corrected chi connectivity index (χ4v) is 4.42. The number of aromatic amines is 1. The minimum Gasteiger partial charge on any atom is -0.322 e. The highest BCUT2D eigenvalue weighted by atomic mass is 16.1. The van der Waals surface area contributed by atoms with Gasteiger partial charge in [0.2, 0.25) is 5.95 Å². The van der Waals surface area contributed by atoms with Crippen LogP contribution in [-0.2, 0) is 6.42 Å². The lowest BCUT2D eigenvalue weighted by atomic mass is 9.82. The lowest BCUT2D eigenvalue weighted by Crippen LogP contribution is -2.15. The third-order valence-corrected chi connectivity index (χ3v) is 5.67. The number of H-pyrrole nitrogens is 1. The normalized spacial score (nSPS) is 18.6. The molecule has 3 aromatic rings. The second-order valence-corrected chi connectivity index (χ2v) is 7.31. The van der Waals surface area contributed by atoms with Crippen molar-refractivity contribution in [1.29, 1.82) is 0 Å². The van der Waals surface area contributed by atoms with Crippen LogP contribution in [0.25, 0.3) is 17.0 Å². The first-order valence-electron chi connectivity index (χ1n) is 9.41. The van der Waals surface area contributed by atoms with E-state index in [1.54, 1.807) is 0 Å². The quantitative estimate of drug-likeness (QED) is 0.759. The lowest BCUT2D eigenvalue weighted by molar-refractivity contribution is 0.0970. The number of carbonyl (C=O) groups is 1. The number of hydrogen-bond acceptors (Lipinski definition) is 3. The van der Waals surface area contributed by atoms with Gasteiger partial charge in [-0.2, -0.15) is 5.10 Å². The fourth-order valence-electron chi connectivity index (χ4n) is 4.42. The summed E-state index contributed by atoms with van der Waals surface area (Å²) < 4.78 is 1.91. The van der Waals surface area contributed by atoms with Gasteiger partial charge in [0.25, 0.3) is 0 Å². The minimum absolute atomic E-state index is 0.268. The molecular weight excluding hydrogens is 312 g/mol. The van der Waals surface area contributed by atoms with Crippen molar-refractivity contribution in [1.82, 2.24) is 19.7 Å². The summed E-state index contributed by atoms with van der Waals surface area (Å²) in [5.41, 5.74) is 4.92. The number of benzene rings is 1. The Balaban J connectivity index is 1.67. The number of nitrogens with one attached hydrogen (secondary N) is 1. The first-order chi connectivity index (χ1) is 12.3. The van der Waals surface area contributed by atoms with Crippen molar-refractivity contribution in [2.45, 2.75) is 57.3 Å². The molecule has 25 heavy (non-hydrogen) atoms. The molecule has 5 heteroatoms. The largest absolute Gasteiger partial charge is 0.322 e. The topological polar surface area (TPSA) is 63.6 Å². The van der Waals surface area contributed by atoms with Gasteiger partial charge in [-0.25, -0.2) is 9.67 Å². The summed E-state index contributed by atoms with van der Waals surface area (Å²) in [5.74, 6) is 1.42. The molecule has 0 radical (unpaired) electrons. The molecule has 2 heterocycles. The number of fused-ring (bicyclic) bond motifs is 2. The molecule has 0 bridgehead atoms. The van der Waals surface area contributed by atoms with Gasteiger partial charge in [-0.3, -0.25) is 4.79 Å². The molecule has 2 aliphatic rings. The van der Waals surface area contributed by atoms with Gasteiger partial charge in [0.1, 0.15) is 0 Å². The lowest BCUT2D eigenvalue weighted by Gasteiger charge is -2.21. The Morgan fingerprint density at radius 3 is 2.72 bits per heavy atom. The van der Waals surface area contributed by atoms with Crippen molar-refractivity contribution < 1.29 is 4.79 Å². The molecule has 1 saturated carbocycles. The Hall–Kier alpha value is -2.43. The van der Waals surface area contributed by atoms with E-state index in [0.717, 1.165) is 59.6 Å². The molecule has 0 aliphatic heterocycles. The maximum atomic E-state index is 12.7. The Kier molecular flexibility index (Phi) is 3.47. The van der Waals surface area contributed by atoms with E-state index in [-0.39, 0.29) is 5.78 Å². The second kappa shape index (κ2) is 5.83. The number of hydrogen-bond donors (Lipinski definition) is 1. The molecule has 0 spiro atoms. The van der Waals surface area contributed by atoms with Crippen molar-refractivity contribution in [3.63, 3.8) is 0 Å². The van der Waals surface area contributed by atoms with Crippen molar-refractivity contribution in [2.24, 2.45) is 0 Å². The molecule has 5 nitrogen and oxygen atoms in total. The number of aromatic nitrogens is 4. The van der Waals surface area contributed by atoms with E-state index in [0.29, 0.717) is 12.3 Å². The molecule has 128 valence electrons. The standard InChI is InChI=1S/C20H22N4O/c25-17-12-6-11-16-18(17)19(13-7-2-1-3-8-13)23-24(16)20-21-14-9-4-5-10-15(14)22-20/h4-5,9-10,13H,1-3,6-8,11-12H2,(H,21,22). The maximum Gasteiger partial charge on any atom is 0.229 e. The smallest absolute Gasteiger partial charge is 0.229 e. The molecule has 0 saturated heterocycles. The first kappa shape index (κ1) is 14.9. The molecule has 0 atom stereocenters. The van der Waals surface area contributed by atoms with Gasteiger partial charge in [-0.1, -0.05) is 31.4 Å². The molecule has 2 aromatic heterocycles. The van der Waals surface area contributed by atoms with Gasteiger partial charge in [0, 0.05) is 12.3 Å². The predicted octanol–water partition coefficient (Wildman–Crippen LogP) is 4.32. The van der Waals surface area contributed by atoms with Crippen molar-refractivity contribution in [2.75, 3.05) is 0 Å². The van der Waals surface area contributed by atoms with Crippen LogP contribution in [0.15, 0.2) is 24.3 Å². The van der Waals surface area contributed by atoms with E-state index in [1.165, 1.54) is 19.3 Å². The number of ketones is 1. The Bertz CT molecular complexity index is 913. The Morgan fingerprint density at radius 2 is 1.88 bits per heavy atom. The van der Waals surface area contributed by atoms with Crippen LogP contribution in [0.5, 0.6) is 0 Å². The summed E-state index contributed by atoms with van der Waals surface area (Å²) in [6, 6.07) is 8.01. The van der Waals surface area contributed by atoms with Crippen molar-refractivity contribution in [3.05, 3.63) is 41.2 Å². The van der Waals surface area contributed by atoms with Gasteiger partial charge in [-0.15, -0.1) is 0 Å². The van der Waals surface area contributed by atoms with Crippen molar-refractivity contribution in [3.8, 4) is 5.95 Å². The van der Waals surface area contributed by atoms with E-state index in [2.05, 4.69) is 4.98 Å². The predicted molar refractivity (Wildman–Crippen MR) is 96.3 cm³/mol. The summed E-state index contributed by atoms with van der Waals surface area (Å²) in [4.78, 5) is 20.8. The molecule has 1 fully saturated rings. The Morgan fingerprint density at radius 1 is 1.04 bits per heavy atom. The second-order valence-electron chi connectivity index (χ2n) is 7.31. The number of Topliss-reactive ketones (excluding diaryl/α,β-unsaturated/α-hetero) is 1. The van der Waals surface area contributed by atoms with Crippen LogP contribution in [-0.4, -0.2) is 25.5 Å². The van der Waals surface area contributed by atoms with Gasteiger partial charge in [-0.05, 0) is 37.8 Å². The summed E-state index contributed by atoms with van der Waals surface area (Å²) in [5, 5.41) is 4.93. The third-order valence-electron chi connectivity index (χ3n) is 5.67. The number of carbonyl (C=O) groups excluding carboxylic acids is 1. The van der Waals surface area contributed by atoms with E-state index >= 15 is 0 Å². The average molecular weight is 334 g/mol. The highest BCUT2D eigenvalue weighted by molar-refractivity contribution is 5.99. The first-order valence-corrected chi connectivity index (χ1v) is 9.41. The monoisotopic (exact) mass is 334 g/mol. The maximum absolute atomic E-state index is 12.7. The van der Waals surface area contributed by atoms with E-state index in [1.807, 2.05) is 28.9 Å². The highest BCUT2D eigenvalue weighted by Gasteiger charge is 2.32. The fraction of sp³-hybridized carbons (Fsp3) is 0.450. The van der Waals surface area contributed by atoms with Crippen LogP contribution < -0.4 is 0 Å². The van der Waals surface area contributed by atoms with Crippen LogP contribution in [0.3, 0.4) is 0 Å².